The minimum absolute atomic E-state index is 0.0192. The van der Waals surface area contributed by atoms with E-state index in [1.54, 1.807) is 17.0 Å². The second-order valence-corrected chi connectivity index (χ2v) is 9.87. The molecule has 0 aliphatic heterocycles. The first-order valence-corrected chi connectivity index (χ1v) is 11.4. The molecule has 0 unspecified atom stereocenters. The first-order chi connectivity index (χ1) is 14.7. The minimum Gasteiger partial charge on any atom is -0.308 e. The van der Waals surface area contributed by atoms with Gasteiger partial charge in [-0.2, -0.15) is 0 Å². The molecular formula is C22H22N4O3S2. The molecule has 0 aliphatic rings. The molecule has 0 aliphatic carbocycles. The van der Waals surface area contributed by atoms with Crippen LogP contribution in [0.1, 0.15) is 20.8 Å². The number of nitrogens with zero attached hydrogens (tertiary/aromatic N) is 4. The molecule has 2 aromatic heterocycles. The van der Waals surface area contributed by atoms with Crippen molar-refractivity contribution in [3.63, 3.8) is 0 Å². The molecule has 1 amide bonds. The van der Waals surface area contributed by atoms with Crippen LogP contribution in [0, 0.1) is 24.0 Å². The van der Waals surface area contributed by atoms with Gasteiger partial charge in [0.1, 0.15) is 0 Å². The number of carbonyl (C=O) groups is 1. The fraction of sp³-hybridized carbons (Fsp3) is 0.273. The van der Waals surface area contributed by atoms with Gasteiger partial charge in [0, 0.05) is 35.3 Å². The third kappa shape index (κ3) is 4.30. The molecule has 0 radical (unpaired) electrons. The number of nitro benzene ring substituents is 1. The molecule has 0 atom stereocenters. The Morgan fingerprint density at radius 3 is 2.55 bits per heavy atom. The number of likely N-dealkylation sites (N-methyl/N-ethyl adjacent to an activating group) is 1. The largest absolute Gasteiger partial charge is 0.308 e. The molecule has 9 heteroatoms. The molecule has 2 heterocycles. The van der Waals surface area contributed by atoms with Crippen molar-refractivity contribution < 1.29 is 9.72 Å². The number of aromatic nitrogens is 1. The van der Waals surface area contributed by atoms with Crippen LogP contribution in [0.15, 0.2) is 36.4 Å². The number of rotatable bonds is 6. The van der Waals surface area contributed by atoms with Gasteiger partial charge < -0.3 is 4.90 Å². The number of amides is 1. The van der Waals surface area contributed by atoms with E-state index in [0.717, 1.165) is 26.0 Å². The van der Waals surface area contributed by atoms with Crippen molar-refractivity contribution in [2.75, 3.05) is 32.1 Å². The highest BCUT2D eigenvalue weighted by Crippen LogP contribution is 2.34. The standard InChI is InChI=1S/C22H22N4O3S2/c1-13-9-14(2)20-18(10-13)31-22(23-20)25(8-7-24(3)4)21(27)19-12-15-11-16(26(28)29)5-6-17(15)30-19/h5-6,9-12H,7-8H2,1-4H3. The lowest BCUT2D eigenvalue weighted by Crippen LogP contribution is -2.36. The Morgan fingerprint density at radius 1 is 1.06 bits per heavy atom. The van der Waals surface area contributed by atoms with Crippen LogP contribution in [0.4, 0.5) is 10.8 Å². The number of nitro groups is 1. The highest BCUT2D eigenvalue weighted by molar-refractivity contribution is 7.23. The van der Waals surface area contributed by atoms with Crippen molar-refractivity contribution in [3.05, 3.63) is 62.5 Å². The maximum Gasteiger partial charge on any atom is 0.270 e. The average molecular weight is 455 g/mol. The smallest absolute Gasteiger partial charge is 0.270 e. The van der Waals surface area contributed by atoms with Gasteiger partial charge in [-0.15, -0.1) is 11.3 Å². The maximum atomic E-state index is 13.5. The van der Waals surface area contributed by atoms with Gasteiger partial charge in [0.15, 0.2) is 5.13 Å². The first kappa shape index (κ1) is 21.4. The Labute approximate surface area is 187 Å². The fourth-order valence-electron chi connectivity index (χ4n) is 3.44. The van der Waals surface area contributed by atoms with Crippen LogP contribution in [0.2, 0.25) is 0 Å². The molecule has 7 nitrogen and oxygen atoms in total. The normalized spacial score (nSPS) is 11.5. The lowest BCUT2D eigenvalue weighted by atomic mass is 10.1. The summed E-state index contributed by atoms with van der Waals surface area (Å²) in [6.45, 7) is 5.27. The number of anilines is 1. The second kappa shape index (κ2) is 8.33. The minimum atomic E-state index is -0.423. The molecule has 0 bridgehead atoms. The van der Waals surface area contributed by atoms with E-state index in [9.17, 15) is 14.9 Å². The molecule has 0 saturated heterocycles. The van der Waals surface area contributed by atoms with Gasteiger partial charge in [-0.1, -0.05) is 17.4 Å². The lowest BCUT2D eigenvalue weighted by Gasteiger charge is -2.21. The summed E-state index contributed by atoms with van der Waals surface area (Å²) in [5.74, 6) is -0.140. The Balaban J connectivity index is 1.75. The number of non-ortho nitro benzene ring substituents is 1. The van der Waals surface area contributed by atoms with Crippen molar-refractivity contribution in [2.24, 2.45) is 0 Å². The van der Waals surface area contributed by atoms with Gasteiger partial charge in [0.25, 0.3) is 11.6 Å². The van der Waals surface area contributed by atoms with E-state index in [4.69, 9.17) is 4.98 Å². The molecule has 2 aromatic carbocycles. The Kier molecular flexibility index (Phi) is 5.74. The van der Waals surface area contributed by atoms with Crippen molar-refractivity contribution in [2.45, 2.75) is 13.8 Å². The molecule has 4 rings (SSSR count). The third-order valence-corrected chi connectivity index (χ3v) is 7.12. The van der Waals surface area contributed by atoms with Crippen LogP contribution in [0.5, 0.6) is 0 Å². The van der Waals surface area contributed by atoms with Crippen LogP contribution in [0.25, 0.3) is 20.3 Å². The number of thiazole rings is 1. The molecule has 0 spiro atoms. The van der Waals surface area contributed by atoms with E-state index < -0.39 is 4.92 Å². The van der Waals surface area contributed by atoms with Gasteiger partial charge in [-0.3, -0.25) is 19.8 Å². The van der Waals surface area contributed by atoms with E-state index in [1.807, 2.05) is 25.9 Å². The molecule has 0 fully saturated rings. The van der Waals surface area contributed by atoms with Crippen LogP contribution >= 0.6 is 22.7 Å². The predicted octanol–water partition coefficient (Wildman–Crippen LogP) is 5.24. The van der Waals surface area contributed by atoms with Gasteiger partial charge in [0.05, 0.1) is 20.0 Å². The Bertz CT molecular complexity index is 1310. The van der Waals surface area contributed by atoms with Gasteiger partial charge in [-0.05, 0) is 57.3 Å². The number of carbonyl (C=O) groups excluding carboxylic acids is 1. The summed E-state index contributed by atoms with van der Waals surface area (Å²) >= 11 is 2.86. The van der Waals surface area contributed by atoms with Crippen molar-refractivity contribution in [1.82, 2.24) is 9.88 Å². The van der Waals surface area contributed by atoms with E-state index in [0.29, 0.717) is 28.5 Å². The average Bonchev–Trinajstić information content (AvgIpc) is 3.31. The fourth-order valence-corrected chi connectivity index (χ4v) is 5.60. The highest BCUT2D eigenvalue weighted by atomic mass is 32.1. The summed E-state index contributed by atoms with van der Waals surface area (Å²) in [7, 11) is 3.93. The first-order valence-electron chi connectivity index (χ1n) is 9.75. The number of aryl methyl sites for hydroxylation is 2. The number of thiophene rings is 1. The maximum absolute atomic E-state index is 13.5. The second-order valence-electron chi connectivity index (χ2n) is 7.77. The summed E-state index contributed by atoms with van der Waals surface area (Å²) in [6.07, 6.45) is 0. The number of fused-ring (bicyclic) bond motifs is 2. The van der Waals surface area contributed by atoms with Gasteiger partial charge >= 0.3 is 0 Å². The van der Waals surface area contributed by atoms with E-state index >= 15 is 0 Å². The molecular weight excluding hydrogens is 432 g/mol. The topological polar surface area (TPSA) is 79.6 Å². The van der Waals surface area contributed by atoms with Crippen LogP contribution < -0.4 is 4.90 Å². The predicted molar refractivity (Wildman–Crippen MR) is 128 cm³/mol. The molecule has 0 N–H and O–H groups in total. The summed E-state index contributed by atoms with van der Waals surface area (Å²) in [5, 5.41) is 12.5. The molecule has 4 aromatic rings. The van der Waals surface area contributed by atoms with Gasteiger partial charge in [0.2, 0.25) is 0 Å². The van der Waals surface area contributed by atoms with Crippen molar-refractivity contribution >= 4 is 59.7 Å². The van der Waals surface area contributed by atoms with Crippen molar-refractivity contribution in [1.29, 1.82) is 0 Å². The SMILES string of the molecule is Cc1cc(C)c2nc(N(CCN(C)C)C(=O)c3cc4cc([N+](=O)[O-])ccc4s3)sc2c1. The highest BCUT2D eigenvalue weighted by Gasteiger charge is 2.24. The zero-order valence-corrected chi connectivity index (χ0v) is 19.3. The zero-order chi connectivity index (χ0) is 22.3. The van der Waals surface area contributed by atoms with E-state index in [1.165, 1.54) is 34.8 Å². The molecule has 0 saturated carbocycles. The lowest BCUT2D eigenvalue weighted by molar-refractivity contribution is -0.384. The van der Waals surface area contributed by atoms with Crippen LogP contribution in [-0.2, 0) is 0 Å². The van der Waals surface area contributed by atoms with Crippen molar-refractivity contribution in [3.8, 4) is 0 Å². The van der Waals surface area contributed by atoms with E-state index in [-0.39, 0.29) is 11.6 Å². The number of benzene rings is 2. The van der Waals surface area contributed by atoms with Crippen LogP contribution in [-0.4, -0.2) is 47.9 Å². The summed E-state index contributed by atoms with van der Waals surface area (Å²) in [5.41, 5.74) is 3.19. The number of hydrogen-bond donors (Lipinski definition) is 0. The number of hydrogen-bond acceptors (Lipinski definition) is 7. The molecule has 160 valence electrons. The molecule has 31 heavy (non-hydrogen) atoms. The van der Waals surface area contributed by atoms with E-state index in [2.05, 4.69) is 19.1 Å². The Morgan fingerprint density at radius 2 is 1.84 bits per heavy atom. The summed E-state index contributed by atoms with van der Waals surface area (Å²) in [4.78, 5) is 33.3. The monoisotopic (exact) mass is 454 g/mol. The summed E-state index contributed by atoms with van der Waals surface area (Å²) < 4.78 is 1.90. The zero-order valence-electron chi connectivity index (χ0n) is 17.7. The summed E-state index contributed by atoms with van der Waals surface area (Å²) in [6, 6.07) is 10.6. The quantitative estimate of drug-likeness (QED) is 0.294. The van der Waals surface area contributed by atoms with Gasteiger partial charge in [-0.25, -0.2) is 4.98 Å². The third-order valence-electron chi connectivity index (χ3n) is 4.99. The van der Waals surface area contributed by atoms with Crippen LogP contribution in [0.3, 0.4) is 0 Å². The Hall–Kier alpha value is -2.88.